The molecule has 1 N–H and O–H groups in total. The molecule has 5 nitrogen and oxygen atoms in total. The fourth-order valence-electron chi connectivity index (χ4n) is 2.50. The number of carbonyl (C=O) groups excluding carboxylic acids is 1. The zero-order valence-corrected chi connectivity index (χ0v) is 14.8. The van der Waals surface area contributed by atoms with E-state index in [4.69, 9.17) is 9.47 Å². The largest absolute Gasteiger partial charge is 0.493 e. The van der Waals surface area contributed by atoms with E-state index in [-0.39, 0.29) is 11.9 Å². The van der Waals surface area contributed by atoms with Crippen LogP contribution >= 0.6 is 0 Å². The summed E-state index contributed by atoms with van der Waals surface area (Å²) in [5.74, 6) is 1.28. The summed E-state index contributed by atoms with van der Waals surface area (Å²) in [7, 11) is 4.97. The Balaban J connectivity index is 2.17. The molecule has 0 spiro atoms. The summed E-state index contributed by atoms with van der Waals surface area (Å²) in [5, 5.41) is 3.26. The van der Waals surface area contributed by atoms with Crippen molar-refractivity contribution in [3.63, 3.8) is 0 Å². The number of nitrogens with one attached hydrogen (secondary N) is 1. The minimum absolute atomic E-state index is 0.0182. The lowest BCUT2D eigenvalue weighted by Crippen LogP contribution is -2.39. The molecule has 2 aromatic rings. The van der Waals surface area contributed by atoms with Gasteiger partial charge in [-0.05, 0) is 37.6 Å². The Labute approximate surface area is 143 Å². The van der Waals surface area contributed by atoms with E-state index >= 15 is 0 Å². The molecular weight excluding hydrogens is 304 g/mol. The van der Waals surface area contributed by atoms with E-state index in [0.717, 1.165) is 16.9 Å². The Hall–Kier alpha value is -2.69. The highest BCUT2D eigenvalue weighted by Crippen LogP contribution is 2.33. The van der Waals surface area contributed by atoms with Crippen molar-refractivity contribution >= 4 is 17.3 Å². The highest BCUT2D eigenvalue weighted by Gasteiger charge is 2.20. The van der Waals surface area contributed by atoms with Gasteiger partial charge in [-0.1, -0.05) is 18.2 Å². The molecule has 0 bridgehead atoms. The summed E-state index contributed by atoms with van der Waals surface area (Å²) < 4.78 is 10.6. The zero-order valence-electron chi connectivity index (χ0n) is 14.8. The SMILES string of the molecule is COc1cc(C)c(NC(C)C(=O)N(C)c2ccccc2)cc1OC. The molecule has 0 aliphatic carbocycles. The number of hydrogen-bond acceptors (Lipinski definition) is 4. The Morgan fingerprint density at radius 3 is 2.25 bits per heavy atom. The fraction of sp³-hybridized carbons (Fsp3) is 0.316. The number of carbonyl (C=O) groups is 1. The van der Waals surface area contributed by atoms with Crippen LogP contribution in [0.1, 0.15) is 12.5 Å². The average molecular weight is 328 g/mol. The summed E-state index contributed by atoms with van der Waals surface area (Å²) in [6, 6.07) is 12.9. The predicted molar refractivity (Wildman–Crippen MR) is 97.2 cm³/mol. The van der Waals surface area contributed by atoms with Gasteiger partial charge >= 0.3 is 0 Å². The summed E-state index contributed by atoms with van der Waals surface area (Å²) in [6.45, 7) is 3.81. The summed E-state index contributed by atoms with van der Waals surface area (Å²) in [6.07, 6.45) is 0. The first-order chi connectivity index (χ1) is 11.5. The molecule has 2 rings (SSSR count). The number of amides is 1. The van der Waals surface area contributed by atoms with Gasteiger partial charge in [-0.3, -0.25) is 4.79 Å². The second-order valence-electron chi connectivity index (χ2n) is 5.62. The quantitative estimate of drug-likeness (QED) is 0.882. The number of nitrogens with zero attached hydrogens (tertiary/aromatic N) is 1. The number of aryl methyl sites for hydroxylation is 1. The van der Waals surface area contributed by atoms with Gasteiger partial charge in [0.1, 0.15) is 6.04 Å². The molecule has 0 fully saturated rings. The number of ether oxygens (including phenoxy) is 2. The number of para-hydroxylation sites is 1. The van der Waals surface area contributed by atoms with Crippen molar-refractivity contribution in [2.75, 3.05) is 31.5 Å². The second-order valence-corrected chi connectivity index (χ2v) is 5.62. The van der Waals surface area contributed by atoms with E-state index in [1.165, 1.54) is 0 Å². The Kier molecular flexibility index (Phi) is 5.68. The molecule has 1 unspecified atom stereocenters. The highest BCUT2D eigenvalue weighted by molar-refractivity contribution is 5.98. The van der Waals surface area contributed by atoms with Gasteiger partial charge in [-0.15, -0.1) is 0 Å². The topological polar surface area (TPSA) is 50.8 Å². The number of methoxy groups -OCH3 is 2. The Bertz CT molecular complexity index is 701. The number of rotatable bonds is 6. The van der Waals surface area contributed by atoms with Gasteiger partial charge in [0.2, 0.25) is 5.91 Å². The maximum Gasteiger partial charge on any atom is 0.248 e. The molecule has 0 saturated heterocycles. The minimum atomic E-state index is -0.382. The van der Waals surface area contributed by atoms with Gasteiger partial charge in [0.25, 0.3) is 0 Å². The number of hydrogen-bond donors (Lipinski definition) is 1. The summed E-state index contributed by atoms with van der Waals surface area (Å²) in [4.78, 5) is 14.3. The van der Waals surface area contributed by atoms with Crippen molar-refractivity contribution in [3.05, 3.63) is 48.0 Å². The van der Waals surface area contributed by atoms with Gasteiger partial charge in [-0.25, -0.2) is 0 Å². The third kappa shape index (κ3) is 3.79. The molecule has 0 radical (unpaired) electrons. The van der Waals surface area contributed by atoms with Crippen molar-refractivity contribution in [3.8, 4) is 11.5 Å². The van der Waals surface area contributed by atoms with E-state index < -0.39 is 0 Å². The van der Waals surface area contributed by atoms with Crippen LogP contribution in [0, 0.1) is 6.92 Å². The van der Waals surface area contributed by atoms with Crippen LogP contribution in [0.5, 0.6) is 11.5 Å². The lowest BCUT2D eigenvalue weighted by atomic mass is 10.1. The number of anilines is 2. The first kappa shape index (κ1) is 17.7. The third-order valence-corrected chi connectivity index (χ3v) is 3.95. The molecule has 0 heterocycles. The van der Waals surface area contributed by atoms with Gasteiger partial charge in [0.15, 0.2) is 11.5 Å². The van der Waals surface area contributed by atoms with Gasteiger partial charge in [0.05, 0.1) is 14.2 Å². The first-order valence-corrected chi connectivity index (χ1v) is 7.79. The van der Waals surface area contributed by atoms with Gasteiger partial charge in [-0.2, -0.15) is 0 Å². The first-order valence-electron chi connectivity index (χ1n) is 7.79. The molecule has 24 heavy (non-hydrogen) atoms. The molecule has 0 saturated carbocycles. The smallest absolute Gasteiger partial charge is 0.248 e. The van der Waals surface area contributed by atoms with E-state index in [2.05, 4.69) is 5.32 Å². The normalized spacial score (nSPS) is 11.5. The zero-order chi connectivity index (χ0) is 17.7. The van der Waals surface area contributed by atoms with Crippen molar-refractivity contribution in [2.45, 2.75) is 19.9 Å². The molecule has 0 aliphatic heterocycles. The standard InChI is InChI=1S/C19H24N2O3/c1-13-11-17(23-4)18(24-5)12-16(13)20-14(2)19(22)21(3)15-9-7-6-8-10-15/h6-12,14,20H,1-5H3. The molecule has 1 atom stereocenters. The van der Waals surface area contributed by atoms with Gasteiger partial charge < -0.3 is 19.7 Å². The monoisotopic (exact) mass is 328 g/mol. The Morgan fingerprint density at radius 2 is 1.67 bits per heavy atom. The average Bonchev–Trinajstić information content (AvgIpc) is 2.62. The van der Waals surface area contributed by atoms with Crippen LogP contribution < -0.4 is 19.7 Å². The molecular formula is C19H24N2O3. The van der Waals surface area contributed by atoms with Crippen LogP contribution in [-0.4, -0.2) is 33.2 Å². The number of benzene rings is 2. The molecule has 5 heteroatoms. The van der Waals surface area contributed by atoms with E-state index in [9.17, 15) is 4.79 Å². The van der Waals surface area contributed by atoms with E-state index in [0.29, 0.717) is 11.5 Å². The second kappa shape index (κ2) is 7.73. The van der Waals surface area contributed by atoms with Crippen LogP contribution in [0.2, 0.25) is 0 Å². The van der Waals surface area contributed by atoms with Crippen molar-refractivity contribution in [2.24, 2.45) is 0 Å². The van der Waals surface area contributed by atoms with Crippen LogP contribution in [0.3, 0.4) is 0 Å². The van der Waals surface area contributed by atoms with Crippen molar-refractivity contribution < 1.29 is 14.3 Å². The lowest BCUT2D eigenvalue weighted by molar-refractivity contribution is -0.118. The molecule has 0 aromatic heterocycles. The predicted octanol–water partition coefficient (Wildman–Crippen LogP) is 3.48. The summed E-state index contributed by atoms with van der Waals surface area (Å²) in [5.41, 5.74) is 2.69. The van der Waals surface area contributed by atoms with Crippen molar-refractivity contribution in [1.29, 1.82) is 0 Å². The van der Waals surface area contributed by atoms with Crippen molar-refractivity contribution in [1.82, 2.24) is 0 Å². The fourth-order valence-corrected chi connectivity index (χ4v) is 2.50. The molecule has 128 valence electrons. The van der Waals surface area contributed by atoms with Crippen LogP contribution in [0.4, 0.5) is 11.4 Å². The molecule has 1 amide bonds. The van der Waals surface area contributed by atoms with E-state index in [1.807, 2.05) is 56.3 Å². The molecule has 0 aliphatic rings. The Morgan fingerprint density at radius 1 is 1.08 bits per heavy atom. The molecule has 2 aromatic carbocycles. The van der Waals surface area contributed by atoms with Crippen LogP contribution in [-0.2, 0) is 4.79 Å². The summed E-state index contributed by atoms with van der Waals surface area (Å²) >= 11 is 0. The van der Waals surface area contributed by atoms with E-state index in [1.54, 1.807) is 26.2 Å². The third-order valence-electron chi connectivity index (χ3n) is 3.95. The maximum absolute atomic E-state index is 12.6. The number of likely N-dealkylation sites (N-methyl/N-ethyl adjacent to an activating group) is 1. The van der Waals surface area contributed by atoms with Crippen LogP contribution in [0.25, 0.3) is 0 Å². The lowest BCUT2D eigenvalue weighted by Gasteiger charge is -2.24. The minimum Gasteiger partial charge on any atom is -0.493 e. The van der Waals surface area contributed by atoms with Crippen LogP contribution in [0.15, 0.2) is 42.5 Å². The van der Waals surface area contributed by atoms with Gasteiger partial charge in [0, 0.05) is 24.5 Å². The maximum atomic E-state index is 12.6. The highest BCUT2D eigenvalue weighted by atomic mass is 16.5.